The van der Waals surface area contributed by atoms with Crippen LogP contribution in [0.2, 0.25) is 0 Å². The Morgan fingerprint density at radius 1 is 1.40 bits per heavy atom. The lowest BCUT2D eigenvalue weighted by Gasteiger charge is -2.34. The Morgan fingerprint density at radius 3 is 3.10 bits per heavy atom. The molecule has 1 aliphatic heterocycles. The number of benzene rings is 1. The van der Waals surface area contributed by atoms with Crippen LogP contribution in [0.3, 0.4) is 0 Å². The minimum atomic E-state index is 0.0624. The van der Waals surface area contributed by atoms with E-state index in [-0.39, 0.29) is 6.04 Å². The quantitative estimate of drug-likeness (QED) is 0.395. The number of piperidine rings is 1. The van der Waals surface area contributed by atoms with Gasteiger partial charge in [-0.2, -0.15) is 0 Å². The van der Waals surface area contributed by atoms with Crippen molar-refractivity contribution >= 4 is 27.3 Å². The van der Waals surface area contributed by atoms with Crippen molar-refractivity contribution in [2.45, 2.75) is 31.8 Å². The fourth-order valence-electron chi connectivity index (χ4n) is 2.96. The summed E-state index contributed by atoms with van der Waals surface area (Å²) in [5.74, 6) is 0.337. The number of likely N-dealkylation sites (tertiary alicyclic amines) is 1. The lowest BCUT2D eigenvalue weighted by Crippen LogP contribution is -2.47. The Hall–Kier alpha value is -1.59. The number of nitrogens with zero attached hydrogens (tertiary/aromatic N) is 2. The van der Waals surface area contributed by atoms with E-state index in [2.05, 4.69) is 39.7 Å². The third kappa shape index (κ3) is 2.51. The number of fused-ring (bicyclic) bond motifs is 1. The minimum Gasteiger partial charge on any atom is -0.409 e. The molecule has 1 aromatic heterocycles. The average molecular weight is 289 g/mol. The monoisotopic (exact) mass is 289 g/mol. The van der Waals surface area contributed by atoms with Crippen LogP contribution in [0.4, 0.5) is 0 Å². The van der Waals surface area contributed by atoms with Crippen LogP contribution in [0.5, 0.6) is 0 Å². The molecule has 1 unspecified atom stereocenters. The summed E-state index contributed by atoms with van der Waals surface area (Å²) in [5, 5.41) is 15.7. The van der Waals surface area contributed by atoms with Crippen molar-refractivity contribution in [3.8, 4) is 0 Å². The second-order valence-electron chi connectivity index (χ2n) is 5.26. The summed E-state index contributed by atoms with van der Waals surface area (Å²) in [5.41, 5.74) is 7.18. The Bertz CT molecular complexity index is 622. The smallest absolute Gasteiger partial charge is 0.156 e. The van der Waals surface area contributed by atoms with Crippen molar-refractivity contribution in [3.63, 3.8) is 0 Å². The van der Waals surface area contributed by atoms with Gasteiger partial charge in [0.15, 0.2) is 5.84 Å². The van der Waals surface area contributed by atoms with Crippen LogP contribution < -0.4 is 5.73 Å². The van der Waals surface area contributed by atoms with Gasteiger partial charge in [0.1, 0.15) is 0 Å². The van der Waals surface area contributed by atoms with Gasteiger partial charge in [0, 0.05) is 11.2 Å². The molecule has 106 valence electrons. The van der Waals surface area contributed by atoms with E-state index in [1.54, 1.807) is 11.3 Å². The van der Waals surface area contributed by atoms with Crippen LogP contribution in [-0.4, -0.2) is 28.5 Å². The molecule has 2 heterocycles. The van der Waals surface area contributed by atoms with E-state index < -0.39 is 0 Å². The molecule has 3 N–H and O–H groups in total. The highest BCUT2D eigenvalue weighted by Crippen LogP contribution is 2.28. The Labute approximate surface area is 122 Å². The predicted molar refractivity (Wildman–Crippen MR) is 83.3 cm³/mol. The standard InChI is InChI=1S/C15H19N3OS/c16-15(17-19)13-6-3-4-8-18(13)9-11-10-20-14-7-2-1-5-12(11)14/h1-2,5,7,10,13,19H,3-4,6,8-9H2,(H2,16,17). The molecular formula is C15H19N3OS. The molecule has 4 nitrogen and oxygen atoms in total. The maximum absolute atomic E-state index is 8.94. The van der Waals surface area contributed by atoms with Gasteiger partial charge in [-0.25, -0.2) is 0 Å². The van der Waals surface area contributed by atoms with Crippen LogP contribution >= 0.6 is 11.3 Å². The largest absolute Gasteiger partial charge is 0.409 e. The number of thiophene rings is 1. The van der Waals surface area contributed by atoms with Gasteiger partial charge in [-0.15, -0.1) is 11.3 Å². The lowest BCUT2D eigenvalue weighted by atomic mass is 10.0. The zero-order valence-electron chi connectivity index (χ0n) is 11.3. The van der Waals surface area contributed by atoms with Crippen molar-refractivity contribution in [1.29, 1.82) is 0 Å². The zero-order valence-corrected chi connectivity index (χ0v) is 12.1. The van der Waals surface area contributed by atoms with Gasteiger partial charge in [0.05, 0.1) is 6.04 Å². The molecule has 0 aliphatic carbocycles. The number of oxime groups is 1. The first-order chi connectivity index (χ1) is 9.79. The summed E-state index contributed by atoms with van der Waals surface area (Å²) in [6.07, 6.45) is 3.29. The molecular weight excluding hydrogens is 270 g/mol. The predicted octanol–water partition coefficient (Wildman–Crippen LogP) is 3.00. The molecule has 20 heavy (non-hydrogen) atoms. The zero-order chi connectivity index (χ0) is 13.9. The van der Waals surface area contributed by atoms with Crippen molar-refractivity contribution in [2.24, 2.45) is 10.9 Å². The summed E-state index contributed by atoms with van der Waals surface area (Å²) in [6.45, 7) is 1.87. The molecule has 1 fully saturated rings. The summed E-state index contributed by atoms with van der Waals surface area (Å²) in [7, 11) is 0. The third-order valence-corrected chi connectivity index (χ3v) is 5.02. The summed E-state index contributed by atoms with van der Waals surface area (Å²) in [4.78, 5) is 2.33. The highest BCUT2D eigenvalue weighted by Gasteiger charge is 2.26. The van der Waals surface area contributed by atoms with Gasteiger partial charge < -0.3 is 10.9 Å². The molecule has 1 atom stereocenters. The molecule has 1 aromatic carbocycles. The van der Waals surface area contributed by atoms with Gasteiger partial charge in [0.25, 0.3) is 0 Å². The topological polar surface area (TPSA) is 61.9 Å². The number of rotatable bonds is 3. The van der Waals surface area contributed by atoms with E-state index in [0.29, 0.717) is 5.84 Å². The SMILES string of the molecule is NC(=NO)C1CCCCN1Cc1csc2ccccc12. The van der Waals surface area contributed by atoms with Crippen LogP contribution in [0.15, 0.2) is 34.8 Å². The third-order valence-electron chi connectivity index (χ3n) is 4.01. The normalized spacial score (nSPS) is 21.4. The average Bonchev–Trinajstić information content (AvgIpc) is 2.90. The molecule has 0 amide bonds. The second kappa shape index (κ2) is 5.81. The molecule has 5 heteroatoms. The molecule has 0 radical (unpaired) electrons. The highest BCUT2D eigenvalue weighted by atomic mass is 32.1. The summed E-state index contributed by atoms with van der Waals surface area (Å²) < 4.78 is 1.32. The van der Waals surface area contributed by atoms with E-state index in [9.17, 15) is 0 Å². The fourth-order valence-corrected chi connectivity index (χ4v) is 3.91. The first-order valence-electron chi connectivity index (χ1n) is 6.96. The van der Waals surface area contributed by atoms with E-state index in [1.165, 1.54) is 22.1 Å². The minimum absolute atomic E-state index is 0.0624. The molecule has 1 saturated heterocycles. The van der Waals surface area contributed by atoms with Crippen molar-refractivity contribution < 1.29 is 5.21 Å². The van der Waals surface area contributed by atoms with E-state index in [4.69, 9.17) is 10.9 Å². The van der Waals surface area contributed by atoms with E-state index >= 15 is 0 Å². The number of hydrogen-bond donors (Lipinski definition) is 2. The Balaban J connectivity index is 1.85. The first-order valence-corrected chi connectivity index (χ1v) is 7.84. The Kier molecular flexibility index (Phi) is 3.89. The molecule has 1 aliphatic rings. The maximum Gasteiger partial charge on any atom is 0.156 e. The maximum atomic E-state index is 8.94. The van der Waals surface area contributed by atoms with Crippen molar-refractivity contribution in [2.75, 3.05) is 6.54 Å². The highest BCUT2D eigenvalue weighted by molar-refractivity contribution is 7.17. The Morgan fingerprint density at radius 2 is 2.25 bits per heavy atom. The second-order valence-corrected chi connectivity index (χ2v) is 6.18. The summed E-state index contributed by atoms with van der Waals surface area (Å²) in [6, 6.07) is 8.54. The fraction of sp³-hybridized carbons (Fsp3) is 0.400. The number of hydrogen-bond acceptors (Lipinski definition) is 4. The molecule has 0 bridgehead atoms. The molecule has 0 spiro atoms. The number of amidine groups is 1. The van der Waals surface area contributed by atoms with Gasteiger partial charge in [0.2, 0.25) is 0 Å². The lowest BCUT2D eigenvalue weighted by molar-refractivity contribution is 0.179. The van der Waals surface area contributed by atoms with E-state index in [1.807, 2.05) is 0 Å². The van der Waals surface area contributed by atoms with Crippen molar-refractivity contribution in [3.05, 3.63) is 35.2 Å². The van der Waals surface area contributed by atoms with Gasteiger partial charge in [-0.1, -0.05) is 29.8 Å². The van der Waals surface area contributed by atoms with Crippen LogP contribution in [0.1, 0.15) is 24.8 Å². The van der Waals surface area contributed by atoms with E-state index in [0.717, 1.165) is 25.9 Å². The number of nitrogens with two attached hydrogens (primary N) is 1. The molecule has 2 aromatic rings. The summed E-state index contributed by atoms with van der Waals surface area (Å²) >= 11 is 1.78. The van der Waals surface area contributed by atoms with Gasteiger partial charge in [-0.05, 0) is 41.8 Å². The van der Waals surface area contributed by atoms with Crippen LogP contribution in [0, 0.1) is 0 Å². The molecule has 0 saturated carbocycles. The van der Waals surface area contributed by atoms with Gasteiger partial charge in [-0.3, -0.25) is 4.90 Å². The van der Waals surface area contributed by atoms with Gasteiger partial charge >= 0.3 is 0 Å². The van der Waals surface area contributed by atoms with Crippen LogP contribution in [0.25, 0.3) is 10.1 Å². The van der Waals surface area contributed by atoms with Crippen LogP contribution in [-0.2, 0) is 6.54 Å². The van der Waals surface area contributed by atoms with Crippen molar-refractivity contribution in [1.82, 2.24) is 4.90 Å². The first kappa shape index (κ1) is 13.4. The molecule has 3 rings (SSSR count).